The third-order valence-corrected chi connectivity index (χ3v) is 2.23. The molecular formula is C11H10O3. The first-order valence-electron chi connectivity index (χ1n) is 4.45. The summed E-state index contributed by atoms with van der Waals surface area (Å²) in [4.78, 5) is 11.5. The van der Waals surface area contributed by atoms with Crippen molar-refractivity contribution in [3.05, 3.63) is 40.2 Å². The molecule has 0 amide bonds. The largest absolute Gasteiger partial charge is 0.502 e. The monoisotopic (exact) mass is 190 g/mol. The lowest BCUT2D eigenvalue weighted by Gasteiger charge is -1.99. The molecule has 72 valence electrons. The molecule has 3 heteroatoms. The van der Waals surface area contributed by atoms with Crippen LogP contribution >= 0.6 is 0 Å². The van der Waals surface area contributed by atoms with Crippen LogP contribution in [0.2, 0.25) is 0 Å². The highest BCUT2D eigenvalue weighted by atomic mass is 16.3. The molecular weight excluding hydrogens is 180 g/mol. The van der Waals surface area contributed by atoms with Crippen molar-refractivity contribution in [2.75, 3.05) is 0 Å². The first-order chi connectivity index (χ1) is 6.72. The zero-order valence-electron chi connectivity index (χ0n) is 7.78. The van der Waals surface area contributed by atoms with Crippen LogP contribution in [0.15, 0.2) is 33.7 Å². The van der Waals surface area contributed by atoms with Gasteiger partial charge in [-0.1, -0.05) is 13.0 Å². The summed E-state index contributed by atoms with van der Waals surface area (Å²) in [5, 5.41) is 9.61. The number of aryl methyl sites for hydroxylation is 1. The van der Waals surface area contributed by atoms with Crippen molar-refractivity contribution in [1.82, 2.24) is 0 Å². The Bertz CT molecular complexity index is 526. The van der Waals surface area contributed by atoms with Gasteiger partial charge in [0.25, 0.3) is 0 Å². The molecule has 2 rings (SSSR count). The van der Waals surface area contributed by atoms with Crippen LogP contribution in [0, 0.1) is 0 Å². The number of rotatable bonds is 1. The minimum absolute atomic E-state index is 0.342. The van der Waals surface area contributed by atoms with E-state index >= 15 is 0 Å². The maximum Gasteiger partial charge on any atom is 0.234 e. The summed E-state index contributed by atoms with van der Waals surface area (Å²) >= 11 is 0. The third-order valence-electron chi connectivity index (χ3n) is 2.23. The molecule has 1 aromatic heterocycles. The number of benzene rings is 1. The minimum Gasteiger partial charge on any atom is -0.502 e. The summed E-state index contributed by atoms with van der Waals surface area (Å²) in [6.07, 6.45) is 1.92. The Morgan fingerprint density at radius 2 is 2.21 bits per heavy atom. The van der Waals surface area contributed by atoms with E-state index in [4.69, 9.17) is 4.42 Å². The quantitative estimate of drug-likeness (QED) is 0.748. The predicted molar refractivity (Wildman–Crippen MR) is 53.5 cm³/mol. The van der Waals surface area contributed by atoms with Gasteiger partial charge in [0.1, 0.15) is 11.8 Å². The molecule has 1 aromatic carbocycles. The molecule has 0 spiro atoms. The Balaban J connectivity index is 2.85. The molecule has 1 N–H and O–H groups in total. The number of aromatic hydroxyl groups is 1. The van der Waals surface area contributed by atoms with Crippen LogP contribution in [0.5, 0.6) is 5.75 Å². The van der Waals surface area contributed by atoms with Crippen LogP contribution in [0.4, 0.5) is 0 Å². The molecule has 0 aliphatic heterocycles. The van der Waals surface area contributed by atoms with Crippen molar-refractivity contribution in [2.24, 2.45) is 0 Å². The van der Waals surface area contributed by atoms with Gasteiger partial charge in [0.05, 0.1) is 5.39 Å². The Morgan fingerprint density at radius 3 is 2.93 bits per heavy atom. The van der Waals surface area contributed by atoms with Gasteiger partial charge in [-0.2, -0.15) is 0 Å². The van der Waals surface area contributed by atoms with Gasteiger partial charge in [-0.05, 0) is 24.1 Å². The molecule has 0 saturated carbocycles. The molecule has 0 bridgehead atoms. The van der Waals surface area contributed by atoms with Gasteiger partial charge in [-0.15, -0.1) is 0 Å². The fraction of sp³-hybridized carbons (Fsp3) is 0.182. The van der Waals surface area contributed by atoms with Crippen LogP contribution in [-0.2, 0) is 6.42 Å². The zero-order valence-corrected chi connectivity index (χ0v) is 7.78. The van der Waals surface area contributed by atoms with Gasteiger partial charge in [0, 0.05) is 0 Å². The normalized spacial score (nSPS) is 10.6. The van der Waals surface area contributed by atoms with Crippen molar-refractivity contribution >= 4 is 11.0 Å². The van der Waals surface area contributed by atoms with E-state index in [1.54, 1.807) is 12.1 Å². The Hall–Kier alpha value is -1.77. The molecule has 2 aromatic rings. The van der Waals surface area contributed by atoms with Crippen LogP contribution < -0.4 is 5.43 Å². The van der Waals surface area contributed by atoms with Gasteiger partial charge in [0.15, 0.2) is 5.75 Å². The maximum absolute atomic E-state index is 11.5. The number of hydrogen-bond donors (Lipinski definition) is 1. The minimum atomic E-state index is -0.374. The van der Waals surface area contributed by atoms with Crippen molar-refractivity contribution in [3.63, 3.8) is 0 Å². The van der Waals surface area contributed by atoms with E-state index in [1.165, 1.54) is 0 Å². The SMILES string of the molecule is CCc1ccc2occ(O)c(=O)c2c1. The topological polar surface area (TPSA) is 50.4 Å². The zero-order chi connectivity index (χ0) is 10.1. The smallest absolute Gasteiger partial charge is 0.234 e. The van der Waals surface area contributed by atoms with Crippen LogP contribution in [-0.4, -0.2) is 5.11 Å². The second kappa shape index (κ2) is 3.18. The van der Waals surface area contributed by atoms with Crippen molar-refractivity contribution in [2.45, 2.75) is 13.3 Å². The van der Waals surface area contributed by atoms with Gasteiger partial charge < -0.3 is 9.52 Å². The second-order valence-electron chi connectivity index (χ2n) is 3.13. The molecule has 1 heterocycles. The van der Waals surface area contributed by atoms with Crippen LogP contribution in [0.3, 0.4) is 0 Å². The summed E-state index contributed by atoms with van der Waals surface area (Å²) in [5.41, 5.74) is 1.18. The molecule has 0 unspecified atom stereocenters. The Kier molecular flexibility index (Phi) is 2.00. The van der Waals surface area contributed by atoms with E-state index in [2.05, 4.69) is 0 Å². The number of fused-ring (bicyclic) bond motifs is 1. The first-order valence-corrected chi connectivity index (χ1v) is 4.45. The van der Waals surface area contributed by atoms with Gasteiger partial charge in [0.2, 0.25) is 5.43 Å². The fourth-order valence-corrected chi connectivity index (χ4v) is 1.39. The highest BCUT2D eigenvalue weighted by Gasteiger charge is 2.05. The average molecular weight is 190 g/mol. The molecule has 14 heavy (non-hydrogen) atoms. The summed E-state index contributed by atoms with van der Waals surface area (Å²) < 4.78 is 5.07. The second-order valence-corrected chi connectivity index (χ2v) is 3.13. The van der Waals surface area contributed by atoms with Crippen molar-refractivity contribution in [1.29, 1.82) is 0 Å². The highest BCUT2D eigenvalue weighted by molar-refractivity contribution is 5.78. The molecule has 0 fully saturated rings. The van der Waals surface area contributed by atoms with Crippen molar-refractivity contribution in [3.8, 4) is 5.75 Å². The fourth-order valence-electron chi connectivity index (χ4n) is 1.39. The maximum atomic E-state index is 11.5. The van der Waals surface area contributed by atoms with E-state index < -0.39 is 0 Å². The van der Waals surface area contributed by atoms with Gasteiger partial charge in [-0.3, -0.25) is 4.79 Å². The summed E-state index contributed by atoms with van der Waals surface area (Å²) in [7, 11) is 0. The van der Waals surface area contributed by atoms with Crippen LogP contribution in [0.1, 0.15) is 12.5 Å². The molecule has 0 saturated heterocycles. The summed E-state index contributed by atoms with van der Waals surface area (Å²) in [6.45, 7) is 2.01. The summed E-state index contributed by atoms with van der Waals surface area (Å²) in [5.74, 6) is -0.342. The number of hydrogen-bond acceptors (Lipinski definition) is 3. The highest BCUT2D eigenvalue weighted by Crippen LogP contribution is 2.15. The first kappa shape index (κ1) is 8.81. The summed E-state index contributed by atoms with van der Waals surface area (Å²) in [6, 6.07) is 5.40. The van der Waals surface area contributed by atoms with Gasteiger partial charge in [-0.25, -0.2) is 0 Å². The lowest BCUT2D eigenvalue weighted by Crippen LogP contribution is -2.00. The third kappa shape index (κ3) is 1.27. The Labute approximate surface area is 80.6 Å². The lowest BCUT2D eigenvalue weighted by atomic mass is 10.1. The van der Waals surface area contributed by atoms with Crippen molar-refractivity contribution < 1.29 is 9.52 Å². The molecule has 0 radical (unpaired) electrons. The van der Waals surface area contributed by atoms with E-state index in [9.17, 15) is 9.90 Å². The molecule has 0 aliphatic rings. The van der Waals surface area contributed by atoms with E-state index in [-0.39, 0.29) is 11.2 Å². The average Bonchev–Trinajstić information content (AvgIpc) is 2.23. The van der Waals surface area contributed by atoms with E-state index in [0.29, 0.717) is 11.0 Å². The molecule has 0 atom stereocenters. The standard InChI is InChI=1S/C11H10O3/c1-2-7-3-4-10-8(5-7)11(13)9(12)6-14-10/h3-6,12H,2H2,1H3. The van der Waals surface area contributed by atoms with Gasteiger partial charge >= 0.3 is 0 Å². The molecule has 0 aliphatic carbocycles. The van der Waals surface area contributed by atoms with E-state index in [0.717, 1.165) is 18.2 Å². The predicted octanol–water partition coefficient (Wildman–Crippen LogP) is 2.06. The Morgan fingerprint density at radius 1 is 1.43 bits per heavy atom. The van der Waals surface area contributed by atoms with Crippen LogP contribution in [0.25, 0.3) is 11.0 Å². The van der Waals surface area contributed by atoms with E-state index in [1.807, 2.05) is 13.0 Å². The lowest BCUT2D eigenvalue weighted by molar-refractivity contribution is 0.442. The molecule has 3 nitrogen and oxygen atoms in total.